The molecule has 0 unspecified atom stereocenters. The monoisotopic (exact) mass is 496 g/mol. The third kappa shape index (κ3) is 5.18. The van der Waals surface area contributed by atoms with Crippen molar-refractivity contribution in [2.45, 2.75) is 12.6 Å². The number of carbonyl (C=O) groups is 1. The topological polar surface area (TPSA) is 105 Å². The van der Waals surface area contributed by atoms with E-state index in [2.05, 4.69) is 25.3 Å². The first-order valence-corrected chi connectivity index (χ1v) is 11.3. The van der Waals surface area contributed by atoms with Gasteiger partial charge in [0.25, 0.3) is 0 Å². The SMILES string of the molecule is COc1ccc(CN2CC(=O)OC[C@@H](Nc3nc(-c4c[nH]c5ncc(Cl)cc45)ncc3F)C2)cc1. The lowest BCUT2D eigenvalue weighted by molar-refractivity contribution is -0.143. The fraction of sp³-hybridized carbons (Fsp3) is 0.250. The molecule has 0 aliphatic carbocycles. The molecule has 180 valence electrons. The van der Waals surface area contributed by atoms with Gasteiger partial charge < -0.3 is 19.8 Å². The Hall–Kier alpha value is -3.76. The number of pyridine rings is 1. The van der Waals surface area contributed by atoms with E-state index in [-0.39, 0.29) is 31.0 Å². The van der Waals surface area contributed by atoms with Crippen molar-refractivity contribution < 1.29 is 18.7 Å². The van der Waals surface area contributed by atoms with Crippen LogP contribution in [0.15, 0.2) is 48.9 Å². The average molecular weight is 497 g/mol. The van der Waals surface area contributed by atoms with Crippen molar-refractivity contribution in [2.75, 3.05) is 32.1 Å². The largest absolute Gasteiger partial charge is 0.497 e. The van der Waals surface area contributed by atoms with Gasteiger partial charge >= 0.3 is 5.97 Å². The molecule has 1 fully saturated rings. The number of halogens is 2. The molecule has 9 nitrogen and oxygen atoms in total. The number of anilines is 1. The van der Waals surface area contributed by atoms with E-state index in [1.807, 2.05) is 29.2 Å². The number of cyclic esters (lactones) is 1. The third-order valence-corrected chi connectivity index (χ3v) is 5.87. The lowest BCUT2D eigenvalue weighted by Gasteiger charge is -2.23. The summed E-state index contributed by atoms with van der Waals surface area (Å²) in [6, 6.07) is 8.98. The lowest BCUT2D eigenvalue weighted by atomic mass is 10.2. The van der Waals surface area contributed by atoms with Crippen LogP contribution in [0.3, 0.4) is 0 Å². The summed E-state index contributed by atoms with van der Waals surface area (Å²) in [5.74, 6) is 0.139. The summed E-state index contributed by atoms with van der Waals surface area (Å²) in [4.78, 5) is 30.0. The van der Waals surface area contributed by atoms with E-state index < -0.39 is 5.82 Å². The molecule has 0 spiro atoms. The van der Waals surface area contributed by atoms with Crippen LogP contribution in [0.2, 0.25) is 5.02 Å². The average Bonchev–Trinajstić information content (AvgIpc) is 3.18. The zero-order valence-electron chi connectivity index (χ0n) is 18.8. The van der Waals surface area contributed by atoms with Crippen LogP contribution in [0.25, 0.3) is 22.4 Å². The van der Waals surface area contributed by atoms with Crippen molar-refractivity contribution in [1.29, 1.82) is 0 Å². The zero-order chi connectivity index (χ0) is 24.4. The van der Waals surface area contributed by atoms with Crippen LogP contribution in [0.1, 0.15) is 5.56 Å². The molecule has 11 heteroatoms. The third-order valence-electron chi connectivity index (χ3n) is 5.67. The Morgan fingerprint density at radius 2 is 2.11 bits per heavy atom. The second kappa shape index (κ2) is 9.85. The van der Waals surface area contributed by atoms with Crippen LogP contribution in [-0.2, 0) is 16.1 Å². The van der Waals surface area contributed by atoms with Gasteiger partial charge in [-0.1, -0.05) is 23.7 Å². The number of hydrogen-bond acceptors (Lipinski definition) is 8. The van der Waals surface area contributed by atoms with Crippen LogP contribution >= 0.6 is 11.6 Å². The Kier molecular flexibility index (Phi) is 6.47. The Bertz CT molecular complexity index is 1360. The second-order valence-corrected chi connectivity index (χ2v) is 8.62. The molecule has 1 atom stereocenters. The maximum atomic E-state index is 14.7. The number of methoxy groups -OCH3 is 1. The highest BCUT2D eigenvalue weighted by Crippen LogP contribution is 2.28. The molecule has 1 aliphatic rings. The van der Waals surface area contributed by atoms with E-state index in [0.717, 1.165) is 22.9 Å². The minimum absolute atomic E-state index is 0.0201. The maximum Gasteiger partial charge on any atom is 0.320 e. The summed E-state index contributed by atoms with van der Waals surface area (Å²) < 4.78 is 25.2. The number of H-pyrrole nitrogens is 1. The van der Waals surface area contributed by atoms with Crippen molar-refractivity contribution in [2.24, 2.45) is 0 Å². The molecule has 1 saturated heterocycles. The fourth-order valence-electron chi connectivity index (χ4n) is 4.00. The molecule has 4 heterocycles. The summed E-state index contributed by atoms with van der Waals surface area (Å²) in [6.07, 6.45) is 4.35. The number of hydrogen-bond donors (Lipinski definition) is 2. The van der Waals surface area contributed by atoms with Gasteiger partial charge in [0.2, 0.25) is 0 Å². The molecule has 0 amide bonds. The first-order chi connectivity index (χ1) is 17.0. The van der Waals surface area contributed by atoms with E-state index in [9.17, 15) is 9.18 Å². The van der Waals surface area contributed by atoms with E-state index in [1.165, 1.54) is 6.20 Å². The normalized spacial score (nSPS) is 16.7. The number of benzene rings is 1. The Balaban J connectivity index is 1.36. The summed E-state index contributed by atoms with van der Waals surface area (Å²) in [5.41, 5.74) is 2.28. The summed E-state index contributed by atoms with van der Waals surface area (Å²) in [6.45, 7) is 1.19. The highest BCUT2D eigenvalue weighted by Gasteiger charge is 2.25. The molecular weight excluding hydrogens is 475 g/mol. The quantitative estimate of drug-likeness (QED) is 0.390. The van der Waals surface area contributed by atoms with Crippen LogP contribution in [0.5, 0.6) is 5.75 Å². The highest BCUT2D eigenvalue weighted by atomic mass is 35.5. The number of nitrogens with one attached hydrogen (secondary N) is 2. The van der Waals surface area contributed by atoms with E-state index >= 15 is 0 Å². The first kappa shape index (κ1) is 23.0. The summed E-state index contributed by atoms with van der Waals surface area (Å²) in [5, 5.41) is 4.28. The predicted octanol–water partition coefficient (Wildman–Crippen LogP) is 3.66. The Morgan fingerprint density at radius 1 is 1.29 bits per heavy atom. The number of fused-ring (bicyclic) bond motifs is 1. The molecule has 1 aliphatic heterocycles. The number of aromatic amines is 1. The van der Waals surface area contributed by atoms with Crippen molar-refractivity contribution >= 4 is 34.4 Å². The van der Waals surface area contributed by atoms with Gasteiger partial charge in [-0.3, -0.25) is 9.69 Å². The number of rotatable bonds is 6. The maximum absolute atomic E-state index is 14.7. The predicted molar refractivity (Wildman–Crippen MR) is 129 cm³/mol. The first-order valence-electron chi connectivity index (χ1n) is 10.9. The van der Waals surface area contributed by atoms with Crippen molar-refractivity contribution in [3.8, 4) is 17.1 Å². The van der Waals surface area contributed by atoms with Crippen molar-refractivity contribution in [3.63, 3.8) is 0 Å². The molecule has 5 rings (SSSR count). The molecule has 3 aromatic heterocycles. The van der Waals surface area contributed by atoms with Crippen LogP contribution in [0, 0.1) is 5.82 Å². The van der Waals surface area contributed by atoms with Gasteiger partial charge in [0.05, 0.1) is 30.9 Å². The van der Waals surface area contributed by atoms with Crippen molar-refractivity contribution in [3.05, 3.63) is 65.3 Å². The summed E-state index contributed by atoms with van der Waals surface area (Å²) >= 11 is 6.09. The van der Waals surface area contributed by atoms with Gasteiger partial charge in [0.15, 0.2) is 17.5 Å². The molecule has 0 saturated carbocycles. The number of carbonyl (C=O) groups excluding carboxylic acids is 1. The molecule has 2 N–H and O–H groups in total. The minimum atomic E-state index is -0.609. The number of esters is 1. The smallest absolute Gasteiger partial charge is 0.320 e. The van der Waals surface area contributed by atoms with E-state index in [4.69, 9.17) is 21.1 Å². The lowest BCUT2D eigenvalue weighted by Crippen LogP contribution is -2.37. The molecule has 1 aromatic carbocycles. The van der Waals surface area contributed by atoms with Crippen LogP contribution in [-0.4, -0.2) is 63.7 Å². The van der Waals surface area contributed by atoms with E-state index in [0.29, 0.717) is 35.1 Å². The van der Waals surface area contributed by atoms with Gasteiger partial charge in [0.1, 0.15) is 18.0 Å². The Morgan fingerprint density at radius 3 is 2.91 bits per heavy atom. The second-order valence-electron chi connectivity index (χ2n) is 8.18. The van der Waals surface area contributed by atoms with Crippen LogP contribution < -0.4 is 10.1 Å². The number of nitrogens with zero attached hydrogens (tertiary/aromatic N) is 4. The molecule has 0 bridgehead atoms. The van der Waals surface area contributed by atoms with Gasteiger partial charge in [-0.15, -0.1) is 0 Å². The van der Waals surface area contributed by atoms with Crippen LogP contribution in [0.4, 0.5) is 10.2 Å². The molecular formula is C24H22ClFN6O3. The Labute approximate surface area is 205 Å². The number of ether oxygens (including phenoxy) is 2. The van der Waals surface area contributed by atoms with Gasteiger partial charge in [-0.05, 0) is 23.8 Å². The molecule has 4 aromatic rings. The number of aromatic nitrogens is 4. The fourth-order valence-corrected chi connectivity index (χ4v) is 4.16. The van der Waals surface area contributed by atoms with Gasteiger partial charge in [-0.25, -0.2) is 19.3 Å². The highest BCUT2D eigenvalue weighted by molar-refractivity contribution is 6.31. The van der Waals surface area contributed by atoms with Crippen molar-refractivity contribution in [1.82, 2.24) is 24.8 Å². The zero-order valence-corrected chi connectivity index (χ0v) is 19.6. The molecule has 35 heavy (non-hydrogen) atoms. The van der Waals surface area contributed by atoms with Gasteiger partial charge in [-0.2, -0.15) is 0 Å². The molecule has 0 radical (unpaired) electrons. The minimum Gasteiger partial charge on any atom is -0.497 e. The van der Waals surface area contributed by atoms with Gasteiger partial charge in [0, 0.05) is 36.4 Å². The standard InChI is InChI=1S/C24H22ClFN6O3/c1-34-17-4-2-14(3-5-17)10-32-11-16(13-35-21(33)12-32)30-24-20(26)9-29-23(31-24)19-8-28-22-18(19)6-15(25)7-27-22/h2-9,16H,10-13H2,1H3,(H,27,28)(H,29,30,31)/t16-/m0/s1. The van der Waals surface area contributed by atoms with E-state index in [1.54, 1.807) is 19.4 Å². The summed E-state index contributed by atoms with van der Waals surface area (Å²) in [7, 11) is 1.61.